The van der Waals surface area contributed by atoms with Crippen LogP contribution in [0.15, 0.2) is 24.3 Å². The third-order valence-electron chi connectivity index (χ3n) is 3.31. The third kappa shape index (κ3) is 6.61. The topological polar surface area (TPSA) is 48.3 Å². The van der Waals surface area contributed by atoms with Crippen molar-refractivity contribution in [2.75, 3.05) is 33.8 Å². The number of nitriles is 1. The Morgan fingerprint density at radius 3 is 2.43 bits per heavy atom. The second kappa shape index (κ2) is 8.02. The van der Waals surface area contributed by atoms with Gasteiger partial charge >= 0.3 is 0 Å². The lowest BCUT2D eigenvalue weighted by atomic mass is 9.92. The van der Waals surface area contributed by atoms with Gasteiger partial charge in [-0.2, -0.15) is 5.26 Å². The van der Waals surface area contributed by atoms with Crippen LogP contribution in [0, 0.1) is 16.7 Å². The number of rotatable bonds is 8. The molecule has 0 radical (unpaired) electrons. The van der Waals surface area contributed by atoms with Crippen molar-refractivity contribution in [2.24, 2.45) is 5.41 Å². The van der Waals surface area contributed by atoms with Gasteiger partial charge in [0.05, 0.1) is 0 Å². The van der Waals surface area contributed by atoms with E-state index in [0.29, 0.717) is 0 Å². The molecule has 4 heteroatoms. The van der Waals surface area contributed by atoms with Crippen LogP contribution in [-0.2, 0) is 0 Å². The molecule has 0 fully saturated rings. The minimum Gasteiger partial charge on any atom is -0.479 e. The van der Waals surface area contributed by atoms with Gasteiger partial charge in [-0.15, -0.1) is 0 Å². The first-order valence-electron chi connectivity index (χ1n) is 7.32. The van der Waals surface area contributed by atoms with Crippen molar-refractivity contribution in [2.45, 2.75) is 26.8 Å². The van der Waals surface area contributed by atoms with Gasteiger partial charge in [-0.25, -0.2) is 0 Å². The van der Waals surface area contributed by atoms with Gasteiger partial charge in [0.25, 0.3) is 0 Å². The first-order chi connectivity index (χ1) is 9.84. The highest BCUT2D eigenvalue weighted by molar-refractivity contribution is 5.29. The first kappa shape index (κ1) is 17.5. The van der Waals surface area contributed by atoms with Crippen molar-refractivity contribution in [3.05, 3.63) is 29.8 Å². The number of nitrogens with one attached hydrogen (secondary N) is 1. The van der Waals surface area contributed by atoms with Crippen LogP contribution in [0.1, 0.15) is 32.4 Å². The summed E-state index contributed by atoms with van der Waals surface area (Å²) in [6, 6.07) is 10.2. The fourth-order valence-electron chi connectivity index (χ4n) is 2.43. The van der Waals surface area contributed by atoms with Gasteiger partial charge in [0, 0.05) is 19.1 Å². The highest BCUT2D eigenvalue weighted by atomic mass is 16.5. The molecular weight excluding hydrogens is 262 g/mol. The largest absolute Gasteiger partial charge is 0.479 e. The van der Waals surface area contributed by atoms with E-state index in [2.05, 4.69) is 45.1 Å². The summed E-state index contributed by atoms with van der Waals surface area (Å²) in [6.07, 6.45) is 0. The second-order valence-corrected chi connectivity index (χ2v) is 6.52. The molecule has 0 saturated carbocycles. The van der Waals surface area contributed by atoms with Crippen molar-refractivity contribution in [3.8, 4) is 11.8 Å². The molecule has 0 aliphatic carbocycles. The number of ether oxygens (including phenoxy) is 1. The summed E-state index contributed by atoms with van der Waals surface area (Å²) < 4.78 is 5.26. The predicted octanol–water partition coefficient (Wildman–Crippen LogP) is 2.83. The van der Waals surface area contributed by atoms with Crippen LogP contribution in [0.5, 0.6) is 5.75 Å². The molecule has 0 saturated heterocycles. The molecule has 0 aliphatic heterocycles. The minimum atomic E-state index is 0.0892. The van der Waals surface area contributed by atoms with Gasteiger partial charge in [0.2, 0.25) is 0 Å². The zero-order chi connectivity index (χ0) is 15.9. The predicted molar refractivity (Wildman–Crippen MR) is 86.3 cm³/mol. The Morgan fingerprint density at radius 1 is 1.29 bits per heavy atom. The molecule has 1 aromatic rings. The standard InChI is InChI=1S/C17H27N3O/c1-14(19-12-17(2,3)13-20(4)5)15-6-8-16(9-7-15)21-11-10-18/h6-9,14,19H,11-13H2,1-5H3. The van der Waals surface area contributed by atoms with Crippen LogP contribution < -0.4 is 10.1 Å². The van der Waals surface area contributed by atoms with E-state index in [1.165, 1.54) is 5.56 Å². The maximum absolute atomic E-state index is 8.49. The van der Waals surface area contributed by atoms with Crippen LogP contribution >= 0.6 is 0 Å². The first-order valence-corrected chi connectivity index (χ1v) is 7.32. The molecule has 1 rings (SSSR count). The summed E-state index contributed by atoms with van der Waals surface area (Å²) in [4.78, 5) is 2.22. The highest BCUT2D eigenvalue weighted by Gasteiger charge is 2.19. The number of hydrogen-bond acceptors (Lipinski definition) is 4. The van der Waals surface area contributed by atoms with E-state index < -0.39 is 0 Å². The molecule has 0 heterocycles. The molecule has 4 nitrogen and oxygen atoms in total. The van der Waals surface area contributed by atoms with Crippen LogP contribution in [-0.4, -0.2) is 38.7 Å². The Hall–Kier alpha value is -1.57. The average Bonchev–Trinajstić information content (AvgIpc) is 2.42. The van der Waals surface area contributed by atoms with E-state index in [-0.39, 0.29) is 18.1 Å². The normalized spacial score (nSPS) is 13.0. The Bertz CT molecular complexity index is 460. The van der Waals surface area contributed by atoms with Gasteiger partial charge in [-0.05, 0) is 44.1 Å². The SMILES string of the molecule is CC(NCC(C)(C)CN(C)C)c1ccc(OCC#N)cc1. The minimum absolute atomic E-state index is 0.0892. The summed E-state index contributed by atoms with van der Waals surface area (Å²) in [5.74, 6) is 0.737. The van der Waals surface area contributed by atoms with Gasteiger partial charge in [0.15, 0.2) is 6.61 Å². The molecular formula is C17H27N3O. The highest BCUT2D eigenvalue weighted by Crippen LogP contribution is 2.20. The van der Waals surface area contributed by atoms with Crippen LogP contribution in [0.4, 0.5) is 0 Å². The third-order valence-corrected chi connectivity index (χ3v) is 3.31. The van der Waals surface area contributed by atoms with Gasteiger partial charge in [-0.3, -0.25) is 0 Å². The van der Waals surface area contributed by atoms with E-state index in [9.17, 15) is 0 Å². The van der Waals surface area contributed by atoms with Crippen LogP contribution in [0.25, 0.3) is 0 Å². The summed E-state index contributed by atoms with van der Waals surface area (Å²) in [7, 11) is 4.20. The van der Waals surface area contributed by atoms with Crippen molar-refractivity contribution in [1.29, 1.82) is 5.26 Å². The molecule has 0 amide bonds. The summed E-state index contributed by atoms with van der Waals surface area (Å²) >= 11 is 0. The zero-order valence-corrected chi connectivity index (χ0v) is 13.8. The van der Waals surface area contributed by atoms with E-state index in [1.54, 1.807) is 0 Å². The number of nitrogens with zero attached hydrogens (tertiary/aromatic N) is 2. The summed E-state index contributed by atoms with van der Waals surface area (Å²) in [5, 5.41) is 12.1. The van der Waals surface area contributed by atoms with Crippen molar-refractivity contribution in [1.82, 2.24) is 10.2 Å². The Balaban J connectivity index is 2.52. The Morgan fingerprint density at radius 2 is 1.90 bits per heavy atom. The molecule has 1 atom stereocenters. The van der Waals surface area contributed by atoms with Gasteiger partial charge in [-0.1, -0.05) is 26.0 Å². The van der Waals surface area contributed by atoms with Crippen LogP contribution in [0.2, 0.25) is 0 Å². The molecule has 21 heavy (non-hydrogen) atoms. The molecule has 0 bridgehead atoms. The van der Waals surface area contributed by atoms with E-state index >= 15 is 0 Å². The monoisotopic (exact) mass is 289 g/mol. The average molecular weight is 289 g/mol. The van der Waals surface area contributed by atoms with Crippen molar-refractivity contribution in [3.63, 3.8) is 0 Å². The molecule has 1 unspecified atom stereocenters. The fourth-order valence-corrected chi connectivity index (χ4v) is 2.43. The quantitative estimate of drug-likeness (QED) is 0.799. The van der Waals surface area contributed by atoms with E-state index in [4.69, 9.17) is 10.00 Å². The molecule has 0 aromatic heterocycles. The molecule has 1 N–H and O–H groups in total. The molecule has 116 valence electrons. The number of benzene rings is 1. The molecule has 0 spiro atoms. The number of hydrogen-bond donors (Lipinski definition) is 1. The lowest BCUT2D eigenvalue weighted by Crippen LogP contribution is -2.38. The second-order valence-electron chi connectivity index (χ2n) is 6.52. The maximum atomic E-state index is 8.49. The van der Waals surface area contributed by atoms with Crippen LogP contribution in [0.3, 0.4) is 0 Å². The van der Waals surface area contributed by atoms with E-state index in [0.717, 1.165) is 18.8 Å². The molecule has 1 aromatic carbocycles. The summed E-state index contributed by atoms with van der Waals surface area (Å²) in [6.45, 7) is 8.80. The Labute approximate surface area is 128 Å². The lowest BCUT2D eigenvalue weighted by Gasteiger charge is -2.30. The fraction of sp³-hybridized carbons (Fsp3) is 0.588. The Kier molecular flexibility index (Phi) is 6.67. The maximum Gasteiger partial charge on any atom is 0.174 e. The van der Waals surface area contributed by atoms with Crippen molar-refractivity contribution >= 4 is 0 Å². The molecule has 0 aliphatic rings. The van der Waals surface area contributed by atoms with Crippen molar-refractivity contribution < 1.29 is 4.74 Å². The zero-order valence-electron chi connectivity index (χ0n) is 13.8. The van der Waals surface area contributed by atoms with Gasteiger partial charge < -0.3 is 15.0 Å². The summed E-state index contributed by atoms with van der Waals surface area (Å²) in [5.41, 5.74) is 1.45. The smallest absolute Gasteiger partial charge is 0.174 e. The van der Waals surface area contributed by atoms with Gasteiger partial charge in [0.1, 0.15) is 11.8 Å². The lowest BCUT2D eigenvalue weighted by molar-refractivity contribution is 0.227. The van der Waals surface area contributed by atoms with E-state index in [1.807, 2.05) is 30.3 Å².